The summed E-state index contributed by atoms with van der Waals surface area (Å²) in [5.74, 6) is 0.0953. The molecule has 0 bridgehead atoms. The zero-order chi connectivity index (χ0) is 21.8. The van der Waals surface area contributed by atoms with E-state index in [9.17, 15) is 4.79 Å². The first kappa shape index (κ1) is 20.2. The van der Waals surface area contributed by atoms with E-state index in [1.54, 1.807) is 0 Å². The molecule has 5 rings (SSSR count). The normalized spacial score (nSPS) is 15.4. The van der Waals surface area contributed by atoms with E-state index in [2.05, 4.69) is 53.8 Å². The summed E-state index contributed by atoms with van der Waals surface area (Å²) in [6.07, 6.45) is 1.89. The predicted octanol–water partition coefficient (Wildman–Crippen LogP) is 6.44. The van der Waals surface area contributed by atoms with Crippen molar-refractivity contribution in [2.24, 2.45) is 0 Å². The van der Waals surface area contributed by atoms with Gasteiger partial charge in [-0.05, 0) is 65.9 Å². The second-order valence-corrected chi connectivity index (χ2v) is 8.16. The van der Waals surface area contributed by atoms with Crippen LogP contribution in [-0.2, 0) is 4.79 Å². The van der Waals surface area contributed by atoms with Crippen LogP contribution >= 0.6 is 0 Å². The van der Waals surface area contributed by atoms with Crippen LogP contribution in [0.3, 0.4) is 0 Å². The van der Waals surface area contributed by atoms with Gasteiger partial charge in [0.25, 0.3) is 0 Å². The zero-order valence-corrected chi connectivity index (χ0v) is 17.9. The van der Waals surface area contributed by atoms with Gasteiger partial charge in [0.05, 0.1) is 6.04 Å². The lowest BCUT2D eigenvalue weighted by Gasteiger charge is -2.27. The number of carbonyl (C=O) groups is 1. The van der Waals surface area contributed by atoms with E-state index in [1.807, 2.05) is 65.6 Å². The van der Waals surface area contributed by atoms with Crippen molar-refractivity contribution in [2.75, 3.05) is 11.4 Å². The minimum atomic E-state index is -0.157. The molecule has 32 heavy (non-hydrogen) atoms. The molecule has 1 atom stereocenters. The monoisotopic (exact) mass is 418 g/mol. The molecule has 1 saturated heterocycles. The van der Waals surface area contributed by atoms with Crippen molar-refractivity contribution in [3.63, 3.8) is 0 Å². The Morgan fingerprint density at radius 3 is 1.62 bits per heavy atom. The number of hydrogen-bond donors (Lipinski definition) is 1. The van der Waals surface area contributed by atoms with Crippen LogP contribution in [0.1, 0.15) is 12.8 Å². The smallest absolute Gasteiger partial charge is 0.248 e. The van der Waals surface area contributed by atoms with E-state index in [0.29, 0.717) is 0 Å². The second kappa shape index (κ2) is 9.21. The van der Waals surface area contributed by atoms with Gasteiger partial charge in [-0.25, -0.2) is 0 Å². The lowest BCUT2D eigenvalue weighted by molar-refractivity contribution is -0.119. The number of rotatable bonds is 5. The zero-order valence-electron chi connectivity index (χ0n) is 17.9. The van der Waals surface area contributed by atoms with Crippen molar-refractivity contribution < 1.29 is 4.79 Å². The number of nitrogens with one attached hydrogen (secondary N) is 1. The summed E-state index contributed by atoms with van der Waals surface area (Å²) >= 11 is 0. The summed E-state index contributed by atoms with van der Waals surface area (Å²) in [5, 5.41) is 3.38. The Balaban J connectivity index is 1.59. The van der Waals surface area contributed by atoms with Gasteiger partial charge >= 0.3 is 0 Å². The Labute approximate surface area is 189 Å². The molecule has 1 heterocycles. The molecular weight excluding hydrogens is 392 g/mol. The summed E-state index contributed by atoms with van der Waals surface area (Å²) < 4.78 is 0. The van der Waals surface area contributed by atoms with Crippen LogP contribution < -0.4 is 10.2 Å². The summed E-state index contributed by atoms with van der Waals surface area (Å²) in [6, 6.07) is 36.9. The van der Waals surface area contributed by atoms with Crippen LogP contribution in [0.2, 0.25) is 0 Å². The molecule has 3 nitrogen and oxygen atoms in total. The molecule has 0 radical (unpaired) electrons. The molecule has 4 aromatic rings. The van der Waals surface area contributed by atoms with Crippen LogP contribution in [0.15, 0.2) is 109 Å². The van der Waals surface area contributed by atoms with Crippen molar-refractivity contribution >= 4 is 17.3 Å². The molecule has 0 spiro atoms. The van der Waals surface area contributed by atoms with Crippen LogP contribution in [-0.4, -0.2) is 18.5 Å². The first-order chi connectivity index (χ1) is 15.8. The molecule has 4 aromatic carbocycles. The van der Waals surface area contributed by atoms with Crippen molar-refractivity contribution in [3.05, 3.63) is 109 Å². The second-order valence-electron chi connectivity index (χ2n) is 8.16. The third kappa shape index (κ3) is 4.20. The summed E-state index contributed by atoms with van der Waals surface area (Å²) in [5.41, 5.74) is 6.24. The summed E-state index contributed by atoms with van der Waals surface area (Å²) in [7, 11) is 0. The molecule has 0 aliphatic carbocycles. The van der Waals surface area contributed by atoms with Crippen LogP contribution in [0.25, 0.3) is 22.3 Å². The molecule has 1 aliphatic heterocycles. The van der Waals surface area contributed by atoms with Crippen molar-refractivity contribution in [3.8, 4) is 22.3 Å². The van der Waals surface area contributed by atoms with Gasteiger partial charge in [0.2, 0.25) is 5.91 Å². The fraction of sp³-hybridized carbons (Fsp3) is 0.138. The lowest BCUT2D eigenvalue weighted by Crippen LogP contribution is -2.41. The van der Waals surface area contributed by atoms with Gasteiger partial charge in [-0.2, -0.15) is 0 Å². The van der Waals surface area contributed by atoms with Crippen molar-refractivity contribution in [1.29, 1.82) is 0 Å². The molecule has 158 valence electrons. The molecule has 1 N–H and O–H groups in total. The van der Waals surface area contributed by atoms with E-state index in [4.69, 9.17) is 0 Å². The van der Waals surface area contributed by atoms with Crippen molar-refractivity contribution in [1.82, 2.24) is 5.32 Å². The first-order valence-corrected chi connectivity index (χ1v) is 11.2. The first-order valence-electron chi connectivity index (χ1n) is 11.2. The van der Waals surface area contributed by atoms with E-state index in [-0.39, 0.29) is 11.9 Å². The van der Waals surface area contributed by atoms with E-state index >= 15 is 0 Å². The van der Waals surface area contributed by atoms with Crippen LogP contribution in [0, 0.1) is 0 Å². The summed E-state index contributed by atoms with van der Waals surface area (Å²) in [4.78, 5) is 15.6. The number of hydrogen-bond acceptors (Lipinski definition) is 2. The predicted molar refractivity (Wildman–Crippen MR) is 132 cm³/mol. The number of amides is 1. The Bertz CT molecular complexity index is 1120. The molecule has 1 unspecified atom stereocenters. The number of benzene rings is 4. The van der Waals surface area contributed by atoms with Gasteiger partial charge in [-0.3, -0.25) is 9.69 Å². The Kier molecular flexibility index (Phi) is 5.82. The van der Waals surface area contributed by atoms with Gasteiger partial charge in [0.15, 0.2) is 0 Å². The fourth-order valence-electron chi connectivity index (χ4n) is 4.37. The standard InChI is InChI=1S/C29H26N2O/c32-29(28-18-9-19-30-28)31(26-16-7-14-24(20-26)22-10-3-1-4-11-22)27-17-8-15-25(21-27)23-12-5-2-6-13-23/h1-8,10-17,20-21,28,30H,9,18-19H2. The molecule has 1 fully saturated rings. The fourth-order valence-corrected chi connectivity index (χ4v) is 4.37. The average Bonchev–Trinajstić information content (AvgIpc) is 3.41. The Morgan fingerprint density at radius 1 is 0.656 bits per heavy atom. The van der Waals surface area contributed by atoms with Crippen molar-refractivity contribution in [2.45, 2.75) is 18.9 Å². The van der Waals surface area contributed by atoms with Gasteiger partial charge < -0.3 is 5.32 Å². The molecule has 1 amide bonds. The van der Waals surface area contributed by atoms with E-state index in [0.717, 1.165) is 53.0 Å². The SMILES string of the molecule is O=C(C1CCCN1)N(c1cccc(-c2ccccc2)c1)c1cccc(-c2ccccc2)c1. The van der Waals surface area contributed by atoms with Gasteiger partial charge in [-0.1, -0.05) is 84.9 Å². The number of nitrogens with zero attached hydrogens (tertiary/aromatic N) is 1. The number of carbonyl (C=O) groups excluding carboxylic acids is 1. The molecular formula is C29H26N2O. The van der Waals surface area contributed by atoms with Gasteiger partial charge in [0.1, 0.15) is 0 Å². The highest BCUT2D eigenvalue weighted by Gasteiger charge is 2.29. The largest absolute Gasteiger partial charge is 0.306 e. The highest BCUT2D eigenvalue weighted by molar-refractivity contribution is 6.04. The highest BCUT2D eigenvalue weighted by Crippen LogP contribution is 2.33. The Morgan fingerprint density at radius 2 is 1.16 bits per heavy atom. The molecule has 1 aliphatic rings. The van der Waals surface area contributed by atoms with Gasteiger partial charge in [-0.15, -0.1) is 0 Å². The topological polar surface area (TPSA) is 32.3 Å². The van der Waals surface area contributed by atoms with Crippen LogP contribution in [0.4, 0.5) is 11.4 Å². The molecule has 3 heteroatoms. The molecule has 0 saturated carbocycles. The van der Waals surface area contributed by atoms with E-state index in [1.165, 1.54) is 0 Å². The van der Waals surface area contributed by atoms with Gasteiger partial charge in [0, 0.05) is 11.4 Å². The average molecular weight is 419 g/mol. The Hall–Kier alpha value is -3.69. The third-order valence-corrected chi connectivity index (χ3v) is 6.00. The lowest BCUT2D eigenvalue weighted by atomic mass is 10.0. The quantitative estimate of drug-likeness (QED) is 0.405. The highest BCUT2D eigenvalue weighted by atomic mass is 16.2. The summed E-state index contributed by atoms with van der Waals surface area (Å²) in [6.45, 7) is 0.887. The van der Waals surface area contributed by atoms with Crippen LogP contribution in [0.5, 0.6) is 0 Å². The maximum Gasteiger partial charge on any atom is 0.248 e. The number of anilines is 2. The van der Waals surface area contributed by atoms with E-state index < -0.39 is 0 Å². The maximum atomic E-state index is 13.7. The minimum Gasteiger partial charge on any atom is -0.306 e. The third-order valence-electron chi connectivity index (χ3n) is 6.00. The molecule has 0 aromatic heterocycles. The maximum absolute atomic E-state index is 13.7. The minimum absolute atomic E-state index is 0.0953.